The van der Waals surface area contributed by atoms with Gasteiger partial charge in [0.2, 0.25) is 0 Å². The van der Waals surface area contributed by atoms with Gasteiger partial charge < -0.3 is 9.84 Å². The molecule has 3 nitrogen and oxygen atoms in total. The van der Waals surface area contributed by atoms with Gasteiger partial charge in [-0.15, -0.1) is 0 Å². The molecule has 0 aromatic carbocycles. The average Bonchev–Trinajstić information content (AvgIpc) is 3.12. The van der Waals surface area contributed by atoms with Crippen LogP contribution in [0.3, 0.4) is 0 Å². The van der Waals surface area contributed by atoms with E-state index in [-0.39, 0.29) is 23.9 Å². The van der Waals surface area contributed by atoms with Crippen molar-refractivity contribution in [1.29, 1.82) is 0 Å². The first-order chi connectivity index (χ1) is 12.6. The number of carbonyl (C=O) groups is 1. The van der Waals surface area contributed by atoms with Crippen LogP contribution in [0.1, 0.15) is 97.3 Å². The van der Waals surface area contributed by atoms with E-state index in [1.165, 1.54) is 57.8 Å². The fourth-order valence-corrected chi connectivity index (χ4v) is 4.53. The number of aliphatic hydroxyl groups is 1. The molecule has 2 saturated carbocycles. The molecule has 2 fully saturated rings. The average molecular weight is 365 g/mol. The number of carbonyl (C=O) groups excluding carboxylic acids is 1. The van der Waals surface area contributed by atoms with Gasteiger partial charge in [0, 0.05) is 11.0 Å². The highest BCUT2D eigenvalue weighted by Gasteiger charge is 2.35. The van der Waals surface area contributed by atoms with Gasteiger partial charge in [0.1, 0.15) is 0 Å². The Bertz CT molecular complexity index is 436. The van der Waals surface area contributed by atoms with Gasteiger partial charge in [-0.3, -0.25) is 0 Å². The Morgan fingerprint density at radius 2 is 1.54 bits per heavy atom. The highest BCUT2D eigenvalue weighted by Crippen LogP contribution is 2.38. The maximum atomic E-state index is 12.8. The summed E-state index contributed by atoms with van der Waals surface area (Å²) in [7, 11) is 0. The van der Waals surface area contributed by atoms with Gasteiger partial charge >= 0.3 is 5.97 Å². The maximum Gasteiger partial charge on any atom is 0.333 e. The van der Waals surface area contributed by atoms with Crippen molar-refractivity contribution >= 4 is 5.97 Å². The Labute approximate surface area is 160 Å². The van der Waals surface area contributed by atoms with Crippen LogP contribution in [-0.4, -0.2) is 24.3 Å². The summed E-state index contributed by atoms with van der Waals surface area (Å²) in [5.74, 6) is 0.541. The largest absolute Gasteiger partial charge is 0.462 e. The van der Waals surface area contributed by atoms with Gasteiger partial charge in [-0.1, -0.05) is 77.7 Å². The summed E-state index contributed by atoms with van der Waals surface area (Å²) in [4.78, 5) is 12.8. The Morgan fingerprint density at radius 3 is 2.04 bits per heavy atom. The molecule has 3 heteroatoms. The molecule has 0 heterocycles. The van der Waals surface area contributed by atoms with Crippen LogP contribution in [-0.2, 0) is 9.53 Å². The highest BCUT2D eigenvalue weighted by atomic mass is 16.5. The Hall–Kier alpha value is -0.830. The summed E-state index contributed by atoms with van der Waals surface area (Å²) in [5.41, 5.74) is 0.659. The second-order valence-electron chi connectivity index (χ2n) is 9.03. The lowest BCUT2D eigenvalue weighted by atomic mass is 9.88. The van der Waals surface area contributed by atoms with Crippen molar-refractivity contribution in [2.45, 2.75) is 97.3 Å². The van der Waals surface area contributed by atoms with Crippen LogP contribution in [0.15, 0.2) is 11.6 Å². The molecule has 0 radical (unpaired) electrons. The first kappa shape index (κ1) is 21.5. The van der Waals surface area contributed by atoms with Crippen LogP contribution in [0.2, 0.25) is 0 Å². The third-order valence-corrected chi connectivity index (χ3v) is 6.43. The molecule has 0 amide bonds. The molecule has 26 heavy (non-hydrogen) atoms. The molecule has 0 atom stereocenters. The standard InChI is InChI=1S/C23H40O3/c1-19(2)21(16-20-12-8-6-4-3-5-7-9-13-20)22(25)26-18-23(17-24)14-10-11-15-23/h16,19-20,24H,3-15,17-18H2,1-2H3. The van der Waals surface area contributed by atoms with Crippen LogP contribution in [0.4, 0.5) is 0 Å². The molecule has 0 unspecified atom stereocenters. The van der Waals surface area contributed by atoms with Gasteiger partial charge in [-0.05, 0) is 37.5 Å². The van der Waals surface area contributed by atoms with Crippen LogP contribution in [0, 0.1) is 17.3 Å². The van der Waals surface area contributed by atoms with Crippen molar-refractivity contribution in [3.8, 4) is 0 Å². The number of aliphatic hydroxyl groups excluding tert-OH is 1. The van der Waals surface area contributed by atoms with Gasteiger partial charge in [-0.25, -0.2) is 4.79 Å². The Morgan fingerprint density at radius 1 is 1.00 bits per heavy atom. The summed E-state index contributed by atoms with van der Waals surface area (Å²) < 4.78 is 5.72. The molecule has 0 aromatic rings. The van der Waals surface area contributed by atoms with Crippen LogP contribution >= 0.6 is 0 Å². The molecule has 2 aliphatic rings. The SMILES string of the molecule is CC(C)C(=CC1CCCCCCCCC1)C(=O)OCC1(CO)CCCC1. The molecule has 2 aliphatic carbocycles. The molecule has 0 aromatic heterocycles. The predicted molar refractivity (Wildman–Crippen MR) is 107 cm³/mol. The normalized spacial score (nSPS) is 23.2. The van der Waals surface area contributed by atoms with Gasteiger partial charge in [0.15, 0.2) is 0 Å². The van der Waals surface area contributed by atoms with E-state index < -0.39 is 0 Å². The zero-order valence-electron chi connectivity index (χ0n) is 17.1. The third-order valence-electron chi connectivity index (χ3n) is 6.43. The van der Waals surface area contributed by atoms with Crippen molar-refractivity contribution < 1.29 is 14.6 Å². The minimum absolute atomic E-state index is 0.129. The third kappa shape index (κ3) is 6.72. The topological polar surface area (TPSA) is 46.5 Å². The molecule has 0 bridgehead atoms. The number of rotatable bonds is 6. The molecule has 0 aliphatic heterocycles. The highest BCUT2D eigenvalue weighted by molar-refractivity contribution is 5.88. The molecule has 0 spiro atoms. The first-order valence-corrected chi connectivity index (χ1v) is 11.1. The van der Waals surface area contributed by atoms with E-state index in [2.05, 4.69) is 19.9 Å². The van der Waals surface area contributed by atoms with Crippen molar-refractivity contribution in [3.63, 3.8) is 0 Å². The summed E-state index contributed by atoms with van der Waals surface area (Å²) in [5, 5.41) is 9.74. The summed E-state index contributed by atoms with van der Waals surface area (Å²) in [6.45, 7) is 4.68. The lowest BCUT2D eigenvalue weighted by molar-refractivity contribution is -0.144. The fraction of sp³-hybridized carbons (Fsp3) is 0.870. The van der Waals surface area contributed by atoms with Crippen LogP contribution in [0.5, 0.6) is 0 Å². The molecule has 1 N–H and O–H groups in total. The lowest BCUT2D eigenvalue weighted by Crippen LogP contribution is -2.30. The quantitative estimate of drug-likeness (QED) is 0.478. The second kappa shape index (κ2) is 11.1. The van der Waals surface area contributed by atoms with Gasteiger partial charge in [0.05, 0.1) is 13.2 Å². The van der Waals surface area contributed by atoms with E-state index >= 15 is 0 Å². The molecule has 150 valence electrons. The number of ether oxygens (including phenoxy) is 1. The van der Waals surface area contributed by atoms with E-state index in [0.717, 1.165) is 31.3 Å². The monoisotopic (exact) mass is 364 g/mol. The first-order valence-electron chi connectivity index (χ1n) is 11.1. The summed E-state index contributed by atoms with van der Waals surface area (Å²) >= 11 is 0. The van der Waals surface area contributed by atoms with Gasteiger partial charge in [0.25, 0.3) is 0 Å². The second-order valence-corrected chi connectivity index (χ2v) is 9.03. The lowest BCUT2D eigenvalue weighted by Gasteiger charge is -2.26. The molecular formula is C23H40O3. The Kier molecular flexibility index (Phi) is 9.18. The van der Waals surface area contributed by atoms with Crippen LogP contribution in [0.25, 0.3) is 0 Å². The number of hydrogen-bond acceptors (Lipinski definition) is 3. The van der Waals surface area contributed by atoms with Crippen molar-refractivity contribution in [1.82, 2.24) is 0 Å². The fourth-order valence-electron chi connectivity index (χ4n) is 4.53. The number of allylic oxidation sites excluding steroid dienone is 1. The van der Waals surface area contributed by atoms with Crippen molar-refractivity contribution in [2.24, 2.45) is 17.3 Å². The molecule has 2 rings (SSSR count). The van der Waals surface area contributed by atoms with Crippen molar-refractivity contribution in [3.05, 3.63) is 11.6 Å². The molecule has 0 saturated heterocycles. The minimum Gasteiger partial charge on any atom is -0.462 e. The van der Waals surface area contributed by atoms with Crippen molar-refractivity contribution in [2.75, 3.05) is 13.2 Å². The minimum atomic E-state index is -0.186. The number of esters is 1. The van der Waals surface area contributed by atoms with Crippen LogP contribution < -0.4 is 0 Å². The maximum absolute atomic E-state index is 12.8. The van der Waals surface area contributed by atoms with E-state index in [1.807, 2.05) is 0 Å². The summed E-state index contributed by atoms with van der Waals surface area (Å²) in [6, 6.07) is 0. The Balaban J connectivity index is 1.97. The summed E-state index contributed by atoms with van der Waals surface area (Å²) in [6.07, 6.45) is 18.1. The van der Waals surface area contributed by atoms with E-state index in [1.54, 1.807) is 0 Å². The zero-order chi connectivity index (χ0) is 18.8. The van der Waals surface area contributed by atoms with Gasteiger partial charge in [-0.2, -0.15) is 0 Å². The number of hydrogen-bond donors (Lipinski definition) is 1. The molecular weight excluding hydrogens is 324 g/mol. The smallest absolute Gasteiger partial charge is 0.333 e. The van der Waals surface area contributed by atoms with E-state index in [4.69, 9.17) is 4.74 Å². The van der Waals surface area contributed by atoms with E-state index in [0.29, 0.717) is 12.5 Å². The zero-order valence-corrected chi connectivity index (χ0v) is 17.1. The van der Waals surface area contributed by atoms with E-state index in [9.17, 15) is 9.90 Å². The predicted octanol–water partition coefficient (Wildman–Crippen LogP) is 5.81.